The molecule has 108 valence electrons. The number of nitrogens with one attached hydrogen (secondary N) is 1. The quantitative estimate of drug-likeness (QED) is 0.748. The van der Waals surface area contributed by atoms with E-state index in [-0.39, 0.29) is 23.0 Å². The summed E-state index contributed by atoms with van der Waals surface area (Å²) in [6.07, 6.45) is 2.63. The lowest BCUT2D eigenvalue weighted by Crippen LogP contribution is -2.18. The maximum atomic E-state index is 12.1. The van der Waals surface area contributed by atoms with E-state index in [0.29, 0.717) is 0 Å². The topological polar surface area (TPSA) is 129 Å². The van der Waals surface area contributed by atoms with Crippen LogP contribution in [0.1, 0.15) is 0 Å². The van der Waals surface area contributed by atoms with Crippen LogP contribution in [0.3, 0.4) is 0 Å². The number of carbonyl (C=O) groups excluding carboxylic acids is 1. The van der Waals surface area contributed by atoms with Crippen LogP contribution in [-0.4, -0.2) is 35.6 Å². The van der Waals surface area contributed by atoms with Crippen molar-refractivity contribution in [3.05, 3.63) is 17.8 Å². The summed E-state index contributed by atoms with van der Waals surface area (Å²) in [4.78, 5) is 10.7. The number of amides is 1. The Morgan fingerprint density at radius 2 is 2.35 bits per heavy atom. The molecule has 0 radical (unpaired) electrons. The first kappa shape index (κ1) is 14.3. The van der Waals surface area contributed by atoms with Crippen LogP contribution in [0.25, 0.3) is 0 Å². The third kappa shape index (κ3) is 3.05. The number of primary amides is 1. The summed E-state index contributed by atoms with van der Waals surface area (Å²) in [5.74, 6) is -0.557. The highest BCUT2D eigenvalue weighted by Gasteiger charge is 2.22. The Bertz CT molecular complexity index is 720. The highest BCUT2D eigenvalue weighted by Crippen LogP contribution is 2.25. The van der Waals surface area contributed by atoms with Crippen LogP contribution in [0.5, 0.6) is 5.88 Å². The van der Waals surface area contributed by atoms with E-state index in [9.17, 15) is 13.2 Å². The Kier molecular flexibility index (Phi) is 3.90. The summed E-state index contributed by atoms with van der Waals surface area (Å²) in [5, 5.41) is 5.17. The van der Waals surface area contributed by atoms with Gasteiger partial charge in [-0.25, -0.2) is 8.42 Å². The number of aromatic nitrogens is 3. The number of rotatable bonds is 6. The number of anilines is 1. The summed E-state index contributed by atoms with van der Waals surface area (Å²) >= 11 is 0.966. The molecule has 0 spiro atoms. The molecule has 0 atom stereocenters. The molecule has 2 heterocycles. The Hall–Kier alpha value is -2.14. The van der Waals surface area contributed by atoms with Crippen molar-refractivity contribution in [3.8, 4) is 5.88 Å². The molecule has 0 saturated carbocycles. The number of hydrogen-bond acceptors (Lipinski definition) is 7. The zero-order chi connectivity index (χ0) is 14.8. The molecule has 1 amide bonds. The second kappa shape index (κ2) is 5.46. The van der Waals surface area contributed by atoms with Gasteiger partial charge in [0.25, 0.3) is 10.0 Å². The van der Waals surface area contributed by atoms with Crippen molar-refractivity contribution in [1.29, 1.82) is 0 Å². The molecule has 0 aliphatic heterocycles. The SMILES string of the molecule is COc1nscc1S(=O)(=O)Nc1cnn(CC(N)=O)c1. The van der Waals surface area contributed by atoms with Gasteiger partial charge in [0.2, 0.25) is 11.8 Å². The molecule has 11 heteroatoms. The zero-order valence-corrected chi connectivity index (χ0v) is 11.9. The van der Waals surface area contributed by atoms with Crippen LogP contribution in [-0.2, 0) is 21.4 Å². The first-order valence-electron chi connectivity index (χ1n) is 5.24. The van der Waals surface area contributed by atoms with Crippen molar-refractivity contribution < 1.29 is 17.9 Å². The van der Waals surface area contributed by atoms with Crippen LogP contribution in [0.4, 0.5) is 5.69 Å². The molecular formula is C9H11N5O4S2. The van der Waals surface area contributed by atoms with Gasteiger partial charge in [0.05, 0.1) is 19.0 Å². The van der Waals surface area contributed by atoms with Gasteiger partial charge in [0.1, 0.15) is 6.54 Å². The number of hydrogen-bond donors (Lipinski definition) is 2. The Morgan fingerprint density at radius 3 is 3.00 bits per heavy atom. The number of sulfonamides is 1. The monoisotopic (exact) mass is 317 g/mol. The van der Waals surface area contributed by atoms with Gasteiger partial charge in [0.15, 0.2) is 4.90 Å². The lowest BCUT2D eigenvalue weighted by molar-refractivity contribution is -0.118. The van der Waals surface area contributed by atoms with Crippen molar-refractivity contribution >= 4 is 33.2 Å². The highest BCUT2D eigenvalue weighted by atomic mass is 32.2. The third-order valence-electron chi connectivity index (χ3n) is 2.19. The predicted molar refractivity (Wildman–Crippen MR) is 70.9 cm³/mol. The number of nitrogens with two attached hydrogens (primary N) is 1. The van der Waals surface area contributed by atoms with Crippen LogP contribution >= 0.6 is 11.5 Å². The third-order valence-corrected chi connectivity index (χ3v) is 4.33. The summed E-state index contributed by atoms with van der Waals surface area (Å²) in [7, 11) is -2.49. The van der Waals surface area contributed by atoms with Gasteiger partial charge >= 0.3 is 0 Å². The zero-order valence-electron chi connectivity index (χ0n) is 10.3. The van der Waals surface area contributed by atoms with Gasteiger partial charge in [-0.1, -0.05) is 0 Å². The molecular weight excluding hydrogens is 306 g/mol. The van der Waals surface area contributed by atoms with Gasteiger partial charge in [-0.2, -0.15) is 9.47 Å². The number of ether oxygens (including phenoxy) is 1. The molecule has 2 aromatic rings. The second-order valence-corrected chi connectivity index (χ2v) is 5.97. The van der Waals surface area contributed by atoms with E-state index in [4.69, 9.17) is 10.5 Å². The second-order valence-electron chi connectivity index (χ2n) is 3.69. The van der Waals surface area contributed by atoms with Crippen molar-refractivity contribution in [1.82, 2.24) is 14.2 Å². The van der Waals surface area contributed by atoms with Gasteiger partial charge in [-0.15, -0.1) is 0 Å². The maximum absolute atomic E-state index is 12.1. The van der Waals surface area contributed by atoms with Crippen molar-refractivity contribution in [2.45, 2.75) is 11.4 Å². The summed E-state index contributed by atoms with van der Waals surface area (Å²) in [5.41, 5.74) is 5.22. The molecule has 0 aromatic carbocycles. The fourth-order valence-electron chi connectivity index (χ4n) is 1.41. The summed E-state index contributed by atoms with van der Waals surface area (Å²) in [6, 6.07) is 0. The van der Waals surface area contributed by atoms with Gasteiger partial charge in [-0.3, -0.25) is 14.2 Å². The predicted octanol–water partition coefficient (Wildman–Crippen LogP) is -0.366. The molecule has 3 N–H and O–H groups in total. The number of methoxy groups -OCH3 is 1. The summed E-state index contributed by atoms with van der Waals surface area (Å²) in [6.45, 7) is -0.134. The van der Waals surface area contributed by atoms with Crippen LogP contribution in [0, 0.1) is 0 Å². The Labute approximate surface area is 118 Å². The van der Waals surface area contributed by atoms with Crippen molar-refractivity contribution in [2.75, 3.05) is 11.8 Å². The van der Waals surface area contributed by atoms with Crippen molar-refractivity contribution in [3.63, 3.8) is 0 Å². The van der Waals surface area contributed by atoms with Crippen molar-refractivity contribution in [2.24, 2.45) is 5.73 Å². The standard InChI is InChI=1S/C9H11N5O4S2/c1-18-9-7(5-19-12-9)20(16,17)13-6-2-11-14(3-6)4-8(10)15/h2-3,5,13H,4H2,1H3,(H2,10,15). The van der Waals surface area contributed by atoms with Crippen LogP contribution in [0.2, 0.25) is 0 Å². The molecule has 20 heavy (non-hydrogen) atoms. The van der Waals surface area contributed by atoms with E-state index in [1.807, 2.05) is 0 Å². The lowest BCUT2D eigenvalue weighted by atomic mass is 10.6. The van der Waals surface area contributed by atoms with Crippen LogP contribution < -0.4 is 15.2 Å². The lowest BCUT2D eigenvalue weighted by Gasteiger charge is -2.04. The van der Waals surface area contributed by atoms with E-state index < -0.39 is 15.9 Å². The fourth-order valence-corrected chi connectivity index (χ4v) is 3.50. The first-order chi connectivity index (χ1) is 9.42. The minimum absolute atomic E-state index is 0.0204. The van der Waals surface area contributed by atoms with E-state index in [0.717, 1.165) is 11.5 Å². The van der Waals surface area contributed by atoms with Crippen LogP contribution in [0.15, 0.2) is 22.7 Å². The number of nitrogens with zero attached hydrogens (tertiary/aromatic N) is 3. The van der Waals surface area contributed by atoms with E-state index >= 15 is 0 Å². The largest absolute Gasteiger partial charge is 0.479 e. The van der Waals surface area contributed by atoms with Gasteiger partial charge in [-0.05, 0) is 11.5 Å². The summed E-state index contributed by atoms with van der Waals surface area (Å²) < 4.78 is 36.5. The molecule has 2 aromatic heterocycles. The van der Waals surface area contributed by atoms with E-state index in [2.05, 4.69) is 14.2 Å². The van der Waals surface area contributed by atoms with Gasteiger partial charge < -0.3 is 10.5 Å². The molecule has 0 aliphatic rings. The first-order valence-corrected chi connectivity index (χ1v) is 7.56. The number of carbonyl (C=O) groups is 1. The fraction of sp³-hybridized carbons (Fsp3) is 0.222. The normalized spacial score (nSPS) is 11.2. The molecule has 0 unspecified atom stereocenters. The molecule has 2 rings (SSSR count). The average Bonchev–Trinajstić information content (AvgIpc) is 2.96. The molecule has 0 fully saturated rings. The van der Waals surface area contributed by atoms with Gasteiger partial charge in [0, 0.05) is 11.6 Å². The van der Waals surface area contributed by atoms with E-state index in [1.165, 1.54) is 29.6 Å². The minimum atomic E-state index is -3.82. The highest BCUT2D eigenvalue weighted by molar-refractivity contribution is 7.93. The Balaban J connectivity index is 2.20. The molecule has 0 bridgehead atoms. The molecule has 9 nitrogen and oxygen atoms in total. The van der Waals surface area contributed by atoms with E-state index in [1.54, 1.807) is 0 Å². The molecule has 0 saturated heterocycles. The smallest absolute Gasteiger partial charge is 0.268 e. The maximum Gasteiger partial charge on any atom is 0.268 e. The Morgan fingerprint density at radius 1 is 1.60 bits per heavy atom. The molecule has 0 aliphatic carbocycles. The average molecular weight is 317 g/mol. The minimum Gasteiger partial charge on any atom is -0.479 e.